The zero-order chi connectivity index (χ0) is 13.9. The number of aliphatic hydroxyl groups is 1. The monoisotopic (exact) mass is 277 g/mol. The second-order valence-electron chi connectivity index (χ2n) is 6.37. The van der Waals surface area contributed by atoms with Crippen LogP contribution in [0.15, 0.2) is 23.9 Å². The maximum atomic E-state index is 10.5. The Kier molecular flexibility index (Phi) is 4.44. The summed E-state index contributed by atoms with van der Waals surface area (Å²) in [4.78, 5) is 4.69. The van der Waals surface area contributed by atoms with Gasteiger partial charge < -0.3 is 15.7 Å². The molecule has 2 atom stereocenters. The third-order valence-corrected chi connectivity index (χ3v) is 4.99. The maximum absolute atomic E-state index is 10.5. The van der Waals surface area contributed by atoms with Gasteiger partial charge in [-0.3, -0.25) is 4.90 Å². The van der Waals surface area contributed by atoms with Crippen molar-refractivity contribution in [2.24, 2.45) is 11.7 Å². The lowest BCUT2D eigenvalue weighted by Crippen LogP contribution is -2.51. The third kappa shape index (κ3) is 3.08. The molecule has 0 aromatic rings. The molecule has 3 rings (SSSR count). The molecular formula is C16H27N3O. The van der Waals surface area contributed by atoms with E-state index in [1.165, 1.54) is 31.4 Å². The first-order valence-corrected chi connectivity index (χ1v) is 8.05. The van der Waals surface area contributed by atoms with E-state index in [9.17, 15) is 5.11 Å². The molecule has 3 N–H and O–H groups in total. The summed E-state index contributed by atoms with van der Waals surface area (Å²) in [5.74, 6) is 0.508. The summed E-state index contributed by atoms with van der Waals surface area (Å²) in [5.41, 5.74) is 7.17. The van der Waals surface area contributed by atoms with E-state index in [1.807, 2.05) is 0 Å². The molecule has 1 heterocycles. The molecule has 1 saturated carbocycles. The summed E-state index contributed by atoms with van der Waals surface area (Å²) in [6.45, 7) is 3.95. The van der Waals surface area contributed by atoms with E-state index < -0.39 is 0 Å². The molecular weight excluding hydrogens is 250 g/mol. The topological polar surface area (TPSA) is 52.7 Å². The summed E-state index contributed by atoms with van der Waals surface area (Å²) in [7, 11) is 0. The largest absolute Gasteiger partial charge is 0.378 e. The first kappa shape index (κ1) is 14.1. The Bertz CT molecular complexity index is 379. The van der Waals surface area contributed by atoms with Crippen LogP contribution < -0.4 is 5.73 Å². The normalized spacial score (nSPS) is 30.6. The Balaban J connectivity index is 1.50. The van der Waals surface area contributed by atoms with Crippen molar-refractivity contribution in [3.63, 3.8) is 0 Å². The molecule has 1 aliphatic heterocycles. The molecule has 2 unspecified atom stereocenters. The lowest BCUT2D eigenvalue weighted by Gasteiger charge is -2.40. The zero-order valence-electron chi connectivity index (χ0n) is 12.2. The fourth-order valence-electron chi connectivity index (χ4n) is 3.66. The van der Waals surface area contributed by atoms with E-state index in [1.54, 1.807) is 0 Å². The standard InChI is InChI=1S/C16H27N3O/c17-14-5-7-15(8-6-14)18-9-11-19(12-10-18)16(20)13-3-1-2-4-13/h5,7-8,13-14,16,20H,1-4,6,9-12,17H2. The van der Waals surface area contributed by atoms with Gasteiger partial charge in [0.05, 0.1) is 0 Å². The molecule has 2 aliphatic carbocycles. The first-order chi connectivity index (χ1) is 9.74. The molecule has 3 aliphatic rings. The molecule has 4 nitrogen and oxygen atoms in total. The smallest absolute Gasteiger partial charge is 0.110 e. The Labute approximate surface area is 121 Å². The van der Waals surface area contributed by atoms with Gasteiger partial charge in [0.2, 0.25) is 0 Å². The minimum atomic E-state index is -0.219. The Morgan fingerprint density at radius 3 is 2.45 bits per heavy atom. The van der Waals surface area contributed by atoms with E-state index in [0.717, 1.165) is 32.6 Å². The van der Waals surface area contributed by atoms with Gasteiger partial charge in [-0.15, -0.1) is 0 Å². The molecule has 0 spiro atoms. The number of allylic oxidation sites excluding steroid dienone is 1. The number of aliphatic hydroxyl groups excluding tert-OH is 1. The number of rotatable bonds is 3. The molecule has 0 aromatic heterocycles. The van der Waals surface area contributed by atoms with Crippen LogP contribution in [0, 0.1) is 5.92 Å². The average molecular weight is 277 g/mol. The van der Waals surface area contributed by atoms with Crippen LogP contribution in [0.4, 0.5) is 0 Å². The Morgan fingerprint density at radius 2 is 1.85 bits per heavy atom. The minimum absolute atomic E-state index is 0.184. The van der Waals surface area contributed by atoms with Gasteiger partial charge in [-0.1, -0.05) is 25.0 Å². The number of hydrogen-bond acceptors (Lipinski definition) is 4. The molecule has 2 fully saturated rings. The van der Waals surface area contributed by atoms with Gasteiger partial charge in [-0.25, -0.2) is 0 Å². The number of hydrogen-bond donors (Lipinski definition) is 2. The SMILES string of the molecule is NC1C=CC(N2CCN(C(O)C3CCCC3)CC2)=CC1. The van der Waals surface area contributed by atoms with Crippen molar-refractivity contribution >= 4 is 0 Å². The molecule has 4 heteroatoms. The fourth-order valence-corrected chi connectivity index (χ4v) is 3.66. The van der Waals surface area contributed by atoms with Crippen molar-refractivity contribution in [3.05, 3.63) is 23.9 Å². The van der Waals surface area contributed by atoms with Crippen LogP contribution in [0.3, 0.4) is 0 Å². The summed E-state index contributed by atoms with van der Waals surface area (Å²) in [6.07, 6.45) is 12.2. The second kappa shape index (κ2) is 6.29. The highest BCUT2D eigenvalue weighted by molar-refractivity contribution is 5.24. The van der Waals surface area contributed by atoms with Crippen LogP contribution in [0.25, 0.3) is 0 Å². The highest BCUT2D eigenvalue weighted by Gasteiger charge is 2.30. The minimum Gasteiger partial charge on any atom is -0.378 e. The van der Waals surface area contributed by atoms with Crippen LogP contribution in [-0.4, -0.2) is 53.4 Å². The van der Waals surface area contributed by atoms with Gasteiger partial charge in [0, 0.05) is 37.9 Å². The molecule has 20 heavy (non-hydrogen) atoms. The maximum Gasteiger partial charge on any atom is 0.110 e. The lowest BCUT2D eigenvalue weighted by molar-refractivity contribution is -0.0555. The first-order valence-electron chi connectivity index (χ1n) is 8.05. The van der Waals surface area contributed by atoms with Gasteiger partial charge in [-0.05, 0) is 31.3 Å². The zero-order valence-corrected chi connectivity index (χ0v) is 12.2. The van der Waals surface area contributed by atoms with Gasteiger partial charge in [-0.2, -0.15) is 0 Å². The highest BCUT2D eigenvalue weighted by Crippen LogP contribution is 2.30. The molecule has 112 valence electrons. The van der Waals surface area contributed by atoms with Crippen LogP contribution in [0.5, 0.6) is 0 Å². The van der Waals surface area contributed by atoms with E-state index in [0.29, 0.717) is 5.92 Å². The summed E-state index contributed by atoms with van der Waals surface area (Å²) in [5, 5.41) is 10.5. The van der Waals surface area contributed by atoms with Crippen LogP contribution in [0.2, 0.25) is 0 Å². The van der Waals surface area contributed by atoms with E-state index in [-0.39, 0.29) is 12.3 Å². The van der Waals surface area contributed by atoms with Crippen molar-refractivity contribution in [1.82, 2.24) is 9.80 Å². The van der Waals surface area contributed by atoms with Crippen LogP contribution in [-0.2, 0) is 0 Å². The van der Waals surface area contributed by atoms with E-state index in [4.69, 9.17) is 5.73 Å². The number of piperazine rings is 1. The Morgan fingerprint density at radius 1 is 1.15 bits per heavy atom. The fraction of sp³-hybridized carbons (Fsp3) is 0.750. The van der Waals surface area contributed by atoms with Crippen molar-refractivity contribution in [2.75, 3.05) is 26.2 Å². The van der Waals surface area contributed by atoms with Crippen molar-refractivity contribution in [2.45, 2.75) is 44.4 Å². The predicted octanol–water partition coefficient (Wildman–Crippen LogP) is 1.28. The Hall–Kier alpha value is -0.840. The lowest BCUT2D eigenvalue weighted by atomic mass is 10.0. The predicted molar refractivity (Wildman–Crippen MR) is 80.9 cm³/mol. The highest BCUT2D eigenvalue weighted by atomic mass is 16.3. The van der Waals surface area contributed by atoms with Gasteiger partial charge in [0.25, 0.3) is 0 Å². The average Bonchev–Trinajstić information content (AvgIpc) is 3.02. The van der Waals surface area contributed by atoms with Crippen molar-refractivity contribution < 1.29 is 5.11 Å². The van der Waals surface area contributed by atoms with E-state index >= 15 is 0 Å². The number of nitrogens with two attached hydrogens (primary N) is 1. The molecule has 0 radical (unpaired) electrons. The molecule has 0 amide bonds. The van der Waals surface area contributed by atoms with Gasteiger partial charge >= 0.3 is 0 Å². The van der Waals surface area contributed by atoms with Gasteiger partial charge in [0.15, 0.2) is 0 Å². The van der Waals surface area contributed by atoms with E-state index in [2.05, 4.69) is 28.0 Å². The summed E-state index contributed by atoms with van der Waals surface area (Å²) in [6, 6.07) is 0.184. The van der Waals surface area contributed by atoms with Crippen LogP contribution in [0.1, 0.15) is 32.1 Å². The van der Waals surface area contributed by atoms with Crippen molar-refractivity contribution in [1.29, 1.82) is 0 Å². The summed E-state index contributed by atoms with van der Waals surface area (Å²) >= 11 is 0. The second-order valence-corrected chi connectivity index (χ2v) is 6.37. The number of nitrogens with zero attached hydrogens (tertiary/aromatic N) is 2. The molecule has 1 saturated heterocycles. The summed E-state index contributed by atoms with van der Waals surface area (Å²) < 4.78 is 0. The quantitative estimate of drug-likeness (QED) is 0.816. The van der Waals surface area contributed by atoms with Crippen LogP contribution >= 0.6 is 0 Å². The van der Waals surface area contributed by atoms with Crippen molar-refractivity contribution in [3.8, 4) is 0 Å². The van der Waals surface area contributed by atoms with Gasteiger partial charge in [0.1, 0.15) is 6.23 Å². The molecule has 0 bridgehead atoms. The third-order valence-electron chi connectivity index (χ3n) is 4.99. The molecule has 0 aromatic carbocycles.